The highest BCUT2D eigenvalue weighted by Crippen LogP contribution is 2.61. The first-order valence-electron chi connectivity index (χ1n) is 16.8. The smallest absolute Gasteiger partial charge is 0.251 e. The van der Waals surface area contributed by atoms with Crippen LogP contribution in [-0.2, 0) is 16.2 Å². The summed E-state index contributed by atoms with van der Waals surface area (Å²) >= 11 is 0. The van der Waals surface area contributed by atoms with Gasteiger partial charge < -0.3 is 26.2 Å². The Hall–Kier alpha value is -2.82. The number of rotatable bonds is 10. The van der Waals surface area contributed by atoms with Crippen molar-refractivity contribution < 1.29 is 24.6 Å². The summed E-state index contributed by atoms with van der Waals surface area (Å²) in [6, 6.07) is 15.3. The molecule has 2 saturated heterocycles. The highest BCUT2D eigenvalue weighted by atomic mass is 16.7. The lowest BCUT2D eigenvalue weighted by Gasteiger charge is -2.62. The Bertz CT molecular complexity index is 1370. The summed E-state index contributed by atoms with van der Waals surface area (Å²) in [5.41, 5.74) is 3.71. The lowest BCUT2D eigenvalue weighted by molar-refractivity contribution is -0.183. The van der Waals surface area contributed by atoms with Crippen LogP contribution in [-0.4, -0.2) is 77.1 Å². The van der Waals surface area contributed by atoms with Crippen molar-refractivity contribution in [3.05, 3.63) is 59.7 Å². The Morgan fingerprint density at radius 2 is 1.89 bits per heavy atom. The minimum atomic E-state index is -0.844. The van der Waals surface area contributed by atoms with Gasteiger partial charge in [-0.3, -0.25) is 14.4 Å². The van der Waals surface area contributed by atoms with Crippen LogP contribution in [0.15, 0.2) is 48.5 Å². The first kappa shape index (κ1) is 32.1. The highest BCUT2D eigenvalue weighted by Gasteiger charge is 2.57. The zero-order valence-corrected chi connectivity index (χ0v) is 27.0. The van der Waals surface area contributed by atoms with E-state index in [0.717, 1.165) is 42.5 Å². The number of nitrogens with zero attached hydrogens (tertiary/aromatic N) is 1. The fourth-order valence-corrected chi connectivity index (χ4v) is 8.60. The van der Waals surface area contributed by atoms with Gasteiger partial charge in [-0.1, -0.05) is 51.1 Å². The van der Waals surface area contributed by atoms with Crippen LogP contribution in [0.4, 0.5) is 0 Å². The predicted octanol–water partition coefficient (Wildman–Crippen LogP) is 3.50. The van der Waals surface area contributed by atoms with Gasteiger partial charge in [-0.25, -0.2) is 0 Å². The average Bonchev–Trinajstić information content (AvgIpc) is 3.69. The van der Waals surface area contributed by atoms with Gasteiger partial charge in [0.25, 0.3) is 5.91 Å². The first-order chi connectivity index (χ1) is 21.6. The van der Waals surface area contributed by atoms with Crippen molar-refractivity contribution in [1.29, 1.82) is 0 Å². The third-order valence-corrected chi connectivity index (χ3v) is 11.5. The molecule has 244 valence electrons. The number of amides is 2. The fraction of sp³-hybridized carbons (Fsp3) is 0.611. The number of benzene rings is 2. The maximum Gasteiger partial charge on any atom is 0.251 e. The number of carbonyl (C=O) groups is 2. The van der Waals surface area contributed by atoms with E-state index >= 15 is 0 Å². The fourth-order valence-electron chi connectivity index (χ4n) is 8.60. The van der Waals surface area contributed by atoms with Gasteiger partial charge >= 0.3 is 0 Å². The van der Waals surface area contributed by atoms with Gasteiger partial charge in [0, 0.05) is 30.1 Å². The lowest BCUT2D eigenvalue weighted by Crippen LogP contribution is -2.62. The van der Waals surface area contributed by atoms with E-state index < -0.39 is 24.2 Å². The molecule has 5 aliphatic rings. The molecule has 0 radical (unpaired) electrons. The van der Waals surface area contributed by atoms with Gasteiger partial charge in [0.2, 0.25) is 5.91 Å². The largest absolute Gasteiger partial charge is 0.394 e. The second kappa shape index (κ2) is 13.1. The molecule has 45 heavy (non-hydrogen) atoms. The second-order valence-electron chi connectivity index (χ2n) is 14.5. The summed E-state index contributed by atoms with van der Waals surface area (Å²) in [7, 11) is 0. The number of fused-ring (bicyclic) bond motifs is 2. The summed E-state index contributed by atoms with van der Waals surface area (Å²) < 4.78 is 0. The monoisotopic (exact) mass is 618 g/mol. The number of nitrogens with one attached hydrogen (secondary N) is 3. The van der Waals surface area contributed by atoms with Crippen LogP contribution < -0.4 is 16.0 Å². The highest BCUT2D eigenvalue weighted by molar-refractivity contribution is 5.95. The van der Waals surface area contributed by atoms with E-state index in [-0.39, 0.29) is 24.5 Å². The molecule has 2 bridgehead atoms. The number of hydrogen-bond donors (Lipinski definition) is 5. The van der Waals surface area contributed by atoms with E-state index in [2.05, 4.69) is 36.7 Å². The van der Waals surface area contributed by atoms with Crippen LogP contribution in [0.2, 0.25) is 0 Å². The molecule has 9 heteroatoms. The average molecular weight is 619 g/mol. The van der Waals surface area contributed by atoms with Gasteiger partial charge in [0.05, 0.1) is 19.3 Å². The molecule has 9 nitrogen and oxygen atoms in total. The molecule has 9 atom stereocenters. The number of hydrogen-bond acceptors (Lipinski definition) is 7. The molecule has 5 fully saturated rings. The molecule has 2 aromatic carbocycles. The molecule has 3 saturated carbocycles. The van der Waals surface area contributed by atoms with Crippen molar-refractivity contribution in [2.75, 3.05) is 19.7 Å². The Morgan fingerprint density at radius 1 is 1.13 bits per heavy atom. The summed E-state index contributed by atoms with van der Waals surface area (Å²) in [5, 5.41) is 32.4. The van der Waals surface area contributed by atoms with Gasteiger partial charge in [0.1, 0.15) is 12.1 Å². The maximum atomic E-state index is 14.0. The normalized spacial score (nSPS) is 32.9. The third kappa shape index (κ3) is 6.43. The van der Waals surface area contributed by atoms with Crippen molar-refractivity contribution in [2.45, 2.75) is 90.3 Å². The molecule has 0 spiro atoms. The molecular formula is C36H50N4O5. The zero-order chi connectivity index (χ0) is 31.9. The van der Waals surface area contributed by atoms with Crippen LogP contribution in [0.5, 0.6) is 0 Å². The molecule has 3 aliphatic carbocycles. The van der Waals surface area contributed by atoms with Crippen molar-refractivity contribution in [1.82, 2.24) is 21.0 Å². The number of aliphatic hydroxyl groups excluding tert-OH is 2. The van der Waals surface area contributed by atoms with Gasteiger partial charge in [0.15, 0.2) is 0 Å². The number of carbonyl (C=O) groups excluding carboxylic acids is 2. The van der Waals surface area contributed by atoms with E-state index in [1.54, 1.807) is 12.0 Å². The standard InChI is InChI=1S/C36H50N4O5/c1-21-29-16-27(36(29,3)4)17-30(21)39-35(44)33-32(22(2)42)31(20-41)45-40(33)19-23-8-5-9-24(14-23)25-10-6-11-26(15-25)34(43)38-18-28-12-7-13-37-28/h5-6,8-11,14-15,21-22,27-33,37,41-42H,7,12-13,16-20H2,1-4H3,(H,38,43)(H,39,44)/t21-,22+,27?,28+,29?,30+,31+,32-,33+/m1/s1. The molecule has 2 amide bonds. The summed E-state index contributed by atoms with van der Waals surface area (Å²) in [5.74, 6) is 0.750. The van der Waals surface area contributed by atoms with Crippen LogP contribution in [0.25, 0.3) is 11.1 Å². The molecule has 2 heterocycles. The Kier molecular flexibility index (Phi) is 9.37. The molecule has 2 aromatic rings. The Balaban J connectivity index is 1.17. The molecular weight excluding hydrogens is 568 g/mol. The van der Waals surface area contributed by atoms with E-state index in [1.165, 1.54) is 6.42 Å². The molecule has 0 aromatic heterocycles. The van der Waals surface area contributed by atoms with E-state index in [4.69, 9.17) is 4.84 Å². The minimum absolute atomic E-state index is 0.0844. The summed E-state index contributed by atoms with van der Waals surface area (Å²) in [6.07, 6.45) is 2.87. The molecule has 5 N–H and O–H groups in total. The van der Waals surface area contributed by atoms with Crippen molar-refractivity contribution in [3.63, 3.8) is 0 Å². The lowest BCUT2D eigenvalue weighted by atomic mass is 9.45. The SMILES string of the molecule is C[C@H](O)[C@@H]1[C@H](CO)ON(Cc2cccc(-c3cccc(C(=O)NC[C@@H]4CCCN4)c3)c2)[C@@H]1C(=O)N[C@H]1CC2CC([C@H]1C)C2(C)C. The van der Waals surface area contributed by atoms with Crippen molar-refractivity contribution >= 4 is 11.8 Å². The quantitative estimate of drug-likeness (QED) is 0.276. The minimum Gasteiger partial charge on any atom is -0.394 e. The second-order valence-corrected chi connectivity index (χ2v) is 14.5. The van der Waals surface area contributed by atoms with Gasteiger partial charge in [-0.05, 0) is 97.2 Å². The third-order valence-electron chi connectivity index (χ3n) is 11.5. The van der Waals surface area contributed by atoms with Crippen LogP contribution in [0, 0.1) is 29.1 Å². The van der Waals surface area contributed by atoms with E-state index in [1.807, 2.05) is 48.5 Å². The number of hydroxylamine groups is 2. The summed E-state index contributed by atoms with van der Waals surface area (Å²) in [6.45, 7) is 10.2. The Labute approximate surface area is 267 Å². The van der Waals surface area contributed by atoms with Crippen LogP contribution >= 0.6 is 0 Å². The Morgan fingerprint density at radius 3 is 2.56 bits per heavy atom. The zero-order valence-electron chi connectivity index (χ0n) is 27.0. The molecule has 2 unspecified atom stereocenters. The van der Waals surface area contributed by atoms with E-state index in [9.17, 15) is 19.8 Å². The van der Waals surface area contributed by atoms with Crippen LogP contribution in [0.1, 0.15) is 69.3 Å². The topological polar surface area (TPSA) is 123 Å². The van der Waals surface area contributed by atoms with Gasteiger partial charge in [-0.15, -0.1) is 0 Å². The molecule has 2 aliphatic heterocycles. The summed E-state index contributed by atoms with van der Waals surface area (Å²) in [4.78, 5) is 33.1. The maximum absolute atomic E-state index is 14.0. The molecule has 7 rings (SSSR count). The van der Waals surface area contributed by atoms with E-state index in [0.29, 0.717) is 47.9 Å². The van der Waals surface area contributed by atoms with Crippen molar-refractivity contribution in [3.8, 4) is 11.1 Å². The van der Waals surface area contributed by atoms with Crippen molar-refractivity contribution in [2.24, 2.45) is 29.1 Å². The van der Waals surface area contributed by atoms with Gasteiger partial charge in [-0.2, -0.15) is 5.06 Å². The van der Waals surface area contributed by atoms with Crippen LogP contribution in [0.3, 0.4) is 0 Å². The predicted molar refractivity (Wildman–Crippen MR) is 173 cm³/mol. The number of aliphatic hydroxyl groups is 2. The first-order valence-corrected chi connectivity index (χ1v) is 16.8.